The number of nitrogens with zero attached hydrogens (tertiary/aromatic N) is 1. The van der Waals surface area contributed by atoms with Crippen LogP contribution in [0, 0.1) is 0 Å². The summed E-state index contributed by atoms with van der Waals surface area (Å²) in [6, 6.07) is 13.8. The fraction of sp³-hybridized carbons (Fsp3) is 0.364. The van der Waals surface area contributed by atoms with E-state index in [-0.39, 0.29) is 18.5 Å². The Kier molecular flexibility index (Phi) is 8.48. The Balaban J connectivity index is 1.79. The van der Waals surface area contributed by atoms with Crippen LogP contribution < -0.4 is 15.4 Å². The number of hydrogen-bond donors (Lipinski definition) is 3. The van der Waals surface area contributed by atoms with E-state index in [9.17, 15) is 14.7 Å². The Bertz CT molecular complexity index is 787. The van der Waals surface area contributed by atoms with Crippen molar-refractivity contribution >= 4 is 11.9 Å². The van der Waals surface area contributed by atoms with Crippen LogP contribution in [0.4, 0.5) is 4.79 Å². The summed E-state index contributed by atoms with van der Waals surface area (Å²) in [5, 5.41) is 15.6. The molecule has 7 nitrogen and oxygen atoms in total. The van der Waals surface area contributed by atoms with Crippen molar-refractivity contribution in [3.63, 3.8) is 0 Å². The predicted octanol–water partition coefficient (Wildman–Crippen LogP) is 2.71. The molecule has 7 heteroatoms. The van der Waals surface area contributed by atoms with Gasteiger partial charge >= 0.3 is 6.03 Å². The van der Waals surface area contributed by atoms with Gasteiger partial charge in [0.05, 0.1) is 13.2 Å². The number of carbonyl (C=O) groups is 2. The molecule has 0 aliphatic heterocycles. The summed E-state index contributed by atoms with van der Waals surface area (Å²) in [4.78, 5) is 26.0. The van der Waals surface area contributed by atoms with Crippen molar-refractivity contribution in [2.75, 3.05) is 26.7 Å². The second-order valence-electron chi connectivity index (χ2n) is 6.53. The van der Waals surface area contributed by atoms with E-state index < -0.39 is 6.10 Å². The van der Waals surface area contributed by atoms with Gasteiger partial charge in [-0.3, -0.25) is 4.79 Å². The fourth-order valence-electron chi connectivity index (χ4n) is 2.84. The second kappa shape index (κ2) is 11.1. The third-order valence-corrected chi connectivity index (χ3v) is 4.66. The molecule has 3 amide bonds. The highest BCUT2D eigenvalue weighted by atomic mass is 16.5. The zero-order chi connectivity index (χ0) is 21.2. The minimum absolute atomic E-state index is 0.000211. The quantitative estimate of drug-likeness (QED) is 0.605. The Morgan fingerprint density at radius 3 is 2.17 bits per heavy atom. The molecule has 0 saturated heterocycles. The molecule has 29 heavy (non-hydrogen) atoms. The topological polar surface area (TPSA) is 90.9 Å². The number of aliphatic hydroxyl groups excluding tert-OH is 1. The molecule has 0 spiro atoms. The third-order valence-electron chi connectivity index (χ3n) is 4.66. The lowest BCUT2D eigenvalue weighted by Gasteiger charge is -2.18. The van der Waals surface area contributed by atoms with Crippen molar-refractivity contribution in [1.82, 2.24) is 15.5 Å². The van der Waals surface area contributed by atoms with Gasteiger partial charge in [0.2, 0.25) is 0 Å². The highest BCUT2D eigenvalue weighted by Crippen LogP contribution is 2.16. The van der Waals surface area contributed by atoms with E-state index in [0.717, 1.165) is 5.56 Å². The van der Waals surface area contributed by atoms with E-state index in [0.29, 0.717) is 36.5 Å². The molecule has 0 aromatic heterocycles. The summed E-state index contributed by atoms with van der Waals surface area (Å²) in [5.41, 5.74) is 2.20. The summed E-state index contributed by atoms with van der Waals surface area (Å²) < 4.78 is 5.08. The van der Waals surface area contributed by atoms with E-state index in [1.807, 2.05) is 26.0 Å². The smallest absolute Gasteiger partial charge is 0.315 e. The van der Waals surface area contributed by atoms with Crippen molar-refractivity contribution in [3.05, 3.63) is 65.2 Å². The van der Waals surface area contributed by atoms with Crippen LogP contribution in [0.2, 0.25) is 0 Å². The van der Waals surface area contributed by atoms with Gasteiger partial charge in [0.15, 0.2) is 0 Å². The number of benzene rings is 2. The average Bonchev–Trinajstić information content (AvgIpc) is 2.77. The Labute approximate surface area is 171 Å². The van der Waals surface area contributed by atoms with Crippen molar-refractivity contribution in [1.29, 1.82) is 0 Å². The molecule has 1 unspecified atom stereocenters. The van der Waals surface area contributed by atoms with Crippen molar-refractivity contribution in [2.45, 2.75) is 26.5 Å². The number of nitrogens with one attached hydrogen (secondary N) is 2. The Morgan fingerprint density at radius 2 is 1.62 bits per heavy atom. The molecule has 0 radical (unpaired) electrons. The van der Waals surface area contributed by atoms with E-state index >= 15 is 0 Å². The van der Waals surface area contributed by atoms with Gasteiger partial charge in [0, 0.05) is 31.7 Å². The predicted molar refractivity (Wildman–Crippen MR) is 112 cm³/mol. The molecule has 0 aliphatic rings. The minimum atomic E-state index is -0.808. The lowest BCUT2D eigenvalue weighted by atomic mass is 10.1. The molecule has 0 saturated carbocycles. The average molecular weight is 399 g/mol. The van der Waals surface area contributed by atoms with E-state index in [1.54, 1.807) is 48.4 Å². The number of aliphatic hydroxyl groups is 1. The maximum atomic E-state index is 12.3. The molecule has 3 N–H and O–H groups in total. The van der Waals surface area contributed by atoms with Gasteiger partial charge < -0.3 is 25.4 Å². The molecule has 2 aromatic rings. The van der Waals surface area contributed by atoms with E-state index in [4.69, 9.17) is 4.74 Å². The first-order valence-electron chi connectivity index (χ1n) is 9.70. The Hall–Kier alpha value is -3.06. The number of methoxy groups -OCH3 is 1. The second-order valence-corrected chi connectivity index (χ2v) is 6.53. The lowest BCUT2D eigenvalue weighted by Crippen LogP contribution is -2.37. The molecular weight excluding hydrogens is 370 g/mol. The molecule has 2 rings (SSSR count). The first kappa shape index (κ1) is 22.2. The zero-order valence-electron chi connectivity index (χ0n) is 17.1. The van der Waals surface area contributed by atoms with E-state index in [2.05, 4.69) is 10.6 Å². The van der Waals surface area contributed by atoms with Crippen molar-refractivity contribution in [2.24, 2.45) is 0 Å². The highest BCUT2D eigenvalue weighted by Gasteiger charge is 2.12. The normalized spacial score (nSPS) is 11.4. The first-order valence-corrected chi connectivity index (χ1v) is 9.70. The first-order chi connectivity index (χ1) is 14.0. The SMILES string of the molecule is CCN(CC)C(=O)c1ccc(CNC(=O)NCC(O)c2ccc(OC)cc2)cc1. The van der Waals surface area contributed by atoms with Crippen LogP contribution in [0.25, 0.3) is 0 Å². The van der Waals surface area contributed by atoms with Crippen molar-refractivity contribution < 1.29 is 19.4 Å². The maximum absolute atomic E-state index is 12.3. The summed E-state index contributed by atoms with van der Waals surface area (Å²) in [7, 11) is 1.58. The molecular formula is C22H29N3O4. The summed E-state index contributed by atoms with van der Waals surface area (Å²) in [6.07, 6.45) is -0.808. The largest absolute Gasteiger partial charge is 0.497 e. The zero-order valence-corrected chi connectivity index (χ0v) is 17.1. The molecule has 0 heterocycles. The number of carbonyl (C=O) groups excluding carboxylic acids is 2. The number of ether oxygens (including phenoxy) is 1. The van der Waals surface area contributed by atoms with Crippen LogP contribution in [-0.4, -0.2) is 48.7 Å². The molecule has 0 bridgehead atoms. The van der Waals surface area contributed by atoms with E-state index in [1.165, 1.54) is 0 Å². The molecule has 156 valence electrons. The number of urea groups is 1. The molecule has 0 aliphatic carbocycles. The summed E-state index contributed by atoms with van der Waals surface area (Å²) in [6.45, 7) is 5.65. The number of rotatable bonds is 9. The maximum Gasteiger partial charge on any atom is 0.315 e. The number of hydrogen-bond acceptors (Lipinski definition) is 4. The monoisotopic (exact) mass is 399 g/mol. The van der Waals surface area contributed by atoms with Gasteiger partial charge in [-0.15, -0.1) is 0 Å². The fourth-order valence-corrected chi connectivity index (χ4v) is 2.84. The lowest BCUT2D eigenvalue weighted by molar-refractivity contribution is 0.0773. The van der Waals surface area contributed by atoms with Crippen LogP contribution in [0.15, 0.2) is 48.5 Å². The van der Waals surface area contributed by atoms with Gasteiger partial charge in [0.25, 0.3) is 5.91 Å². The highest BCUT2D eigenvalue weighted by molar-refractivity contribution is 5.94. The van der Waals surface area contributed by atoms with Gasteiger partial charge in [-0.2, -0.15) is 0 Å². The van der Waals surface area contributed by atoms with Crippen LogP contribution in [0.5, 0.6) is 5.75 Å². The van der Waals surface area contributed by atoms with Crippen LogP contribution >= 0.6 is 0 Å². The van der Waals surface area contributed by atoms with Gasteiger partial charge in [0.1, 0.15) is 5.75 Å². The van der Waals surface area contributed by atoms with Crippen LogP contribution in [0.1, 0.15) is 41.4 Å². The van der Waals surface area contributed by atoms with Gasteiger partial charge in [-0.05, 0) is 49.2 Å². The minimum Gasteiger partial charge on any atom is -0.497 e. The molecule has 0 fully saturated rings. The molecule has 1 atom stereocenters. The Morgan fingerprint density at radius 1 is 1.00 bits per heavy atom. The van der Waals surface area contributed by atoms with Crippen LogP contribution in [-0.2, 0) is 6.54 Å². The van der Waals surface area contributed by atoms with Gasteiger partial charge in [-0.25, -0.2) is 4.79 Å². The summed E-state index contributed by atoms with van der Waals surface area (Å²) in [5.74, 6) is 0.705. The number of amides is 3. The third kappa shape index (κ3) is 6.50. The molecule has 2 aromatic carbocycles. The standard InChI is InChI=1S/C22H29N3O4/c1-4-25(5-2)21(27)18-8-6-16(7-9-18)14-23-22(28)24-15-20(26)17-10-12-19(29-3)13-11-17/h6-13,20,26H,4-5,14-15H2,1-3H3,(H2,23,24,28). The van der Waals surface area contributed by atoms with Crippen LogP contribution in [0.3, 0.4) is 0 Å². The van der Waals surface area contributed by atoms with Gasteiger partial charge in [-0.1, -0.05) is 24.3 Å². The summed E-state index contributed by atoms with van der Waals surface area (Å²) >= 11 is 0. The van der Waals surface area contributed by atoms with Crippen molar-refractivity contribution in [3.8, 4) is 5.75 Å².